The van der Waals surface area contributed by atoms with Crippen LogP contribution in [0.25, 0.3) is 11.3 Å². The van der Waals surface area contributed by atoms with Gasteiger partial charge in [-0.25, -0.2) is 9.97 Å². The molecule has 0 saturated carbocycles. The van der Waals surface area contributed by atoms with Gasteiger partial charge >= 0.3 is 0 Å². The van der Waals surface area contributed by atoms with Gasteiger partial charge < -0.3 is 25.2 Å². The molecule has 1 fully saturated rings. The topological polar surface area (TPSA) is 130 Å². The SMILES string of the molecule is CC(C)CCc1c(Nc2nccc(-c3cc(C#N)c4c(c3)[C@@](C)(CO)CN4)n2)cnn1C[C@@H]1COCCO1. The molecule has 2 aromatic heterocycles. The van der Waals surface area contributed by atoms with E-state index in [9.17, 15) is 10.4 Å². The van der Waals surface area contributed by atoms with Gasteiger partial charge in [0.15, 0.2) is 0 Å². The van der Waals surface area contributed by atoms with Gasteiger partial charge in [0.25, 0.3) is 0 Å². The fourth-order valence-corrected chi connectivity index (χ4v) is 4.96. The van der Waals surface area contributed by atoms with Crippen LogP contribution in [0.5, 0.6) is 0 Å². The summed E-state index contributed by atoms with van der Waals surface area (Å²) in [4.78, 5) is 9.24. The van der Waals surface area contributed by atoms with Gasteiger partial charge in [-0.05, 0) is 42.5 Å². The molecule has 2 atom stereocenters. The van der Waals surface area contributed by atoms with E-state index in [0.29, 0.717) is 56.0 Å². The number of nitriles is 1. The van der Waals surface area contributed by atoms with Gasteiger partial charge in [-0.1, -0.05) is 20.8 Å². The first-order valence-electron chi connectivity index (χ1n) is 13.2. The zero-order valence-corrected chi connectivity index (χ0v) is 22.2. The Morgan fingerprint density at radius 3 is 2.95 bits per heavy atom. The minimum absolute atomic E-state index is 0.0148. The molecule has 3 aromatic rings. The number of aliphatic hydroxyl groups excluding tert-OH is 1. The highest BCUT2D eigenvalue weighted by atomic mass is 16.6. The van der Waals surface area contributed by atoms with Crippen molar-refractivity contribution in [1.29, 1.82) is 5.26 Å². The molecular formula is C28H35N7O3. The van der Waals surface area contributed by atoms with Crippen LogP contribution >= 0.6 is 0 Å². The highest BCUT2D eigenvalue weighted by Gasteiger charge is 2.36. The molecule has 2 aliphatic heterocycles. The molecule has 0 amide bonds. The lowest BCUT2D eigenvalue weighted by Gasteiger charge is -2.23. The van der Waals surface area contributed by atoms with E-state index >= 15 is 0 Å². The molecule has 3 N–H and O–H groups in total. The zero-order chi connectivity index (χ0) is 26.7. The van der Waals surface area contributed by atoms with Crippen molar-refractivity contribution < 1.29 is 14.6 Å². The summed E-state index contributed by atoms with van der Waals surface area (Å²) in [6.07, 6.45) is 5.38. The van der Waals surface area contributed by atoms with Crippen molar-refractivity contribution in [2.75, 3.05) is 43.6 Å². The number of hydrogen-bond donors (Lipinski definition) is 3. The van der Waals surface area contributed by atoms with Crippen LogP contribution in [0.2, 0.25) is 0 Å². The molecule has 0 unspecified atom stereocenters. The zero-order valence-electron chi connectivity index (χ0n) is 22.2. The maximum absolute atomic E-state index is 10.0. The number of aromatic nitrogens is 4. The van der Waals surface area contributed by atoms with E-state index in [2.05, 4.69) is 40.6 Å². The monoisotopic (exact) mass is 517 g/mol. The number of rotatable bonds is 9. The van der Waals surface area contributed by atoms with Crippen LogP contribution in [0.1, 0.15) is 44.0 Å². The van der Waals surface area contributed by atoms with Gasteiger partial charge in [0, 0.05) is 23.7 Å². The lowest BCUT2D eigenvalue weighted by atomic mass is 9.83. The highest BCUT2D eigenvalue weighted by Crippen LogP contribution is 2.41. The minimum atomic E-state index is -0.460. The van der Waals surface area contributed by atoms with E-state index in [1.807, 2.05) is 36.0 Å². The van der Waals surface area contributed by atoms with Crippen molar-refractivity contribution in [3.63, 3.8) is 0 Å². The quantitative estimate of drug-likeness (QED) is 0.389. The molecule has 10 heteroatoms. The van der Waals surface area contributed by atoms with Gasteiger partial charge in [-0.3, -0.25) is 4.68 Å². The molecule has 5 rings (SSSR count). The Balaban J connectivity index is 1.43. The maximum atomic E-state index is 10.0. The fraction of sp³-hybridized carbons (Fsp3) is 0.500. The third-order valence-corrected chi connectivity index (χ3v) is 7.28. The first kappa shape index (κ1) is 26.1. The van der Waals surface area contributed by atoms with Gasteiger partial charge in [-0.15, -0.1) is 0 Å². The lowest BCUT2D eigenvalue weighted by molar-refractivity contribution is -0.0948. The fourth-order valence-electron chi connectivity index (χ4n) is 4.96. The molecule has 10 nitrogen and oxygen atoms in total. The summed E-state index contributed by atoms with van der Waals surface area (Å²) in [6.45, 7) is 9.39. The molecule has 4 heterocycles. The average Bonchev–Trinajstić information content (AvgIpc) is 3.48. The van der Waals surface area contributed by atoms with E-state index in [1.165, 1.54) is 0 Å². The molecule has 0 aliphatic carbocycles. The van der Waals surface area contributed by atoms with E-state index in [-0.39, 0.29) is 12.7 Å². The molecule has 0 radical (unpaired) electrons. The number of nitrogens with one attached hydrogen (secondary N) is 2. The third-order valence-electron chi connectivity index (χ3n) is 7.28. The predicted octanol–water partition coefficient (Wildman–Crippen LogP) is 3.63. The number of ether oxygens (including phenoxy) is 2. The maximum Gasteiger partial charge on any atom is 0.227 e. The largest absolute Gasteiger partial charge is 0.395 e. The molecule has 0 bridgehead atoms. The van der Waals surface area contributed by atoms with Crippen LogP contribution < -0.4 is 10.6 Å². The Morgan fingerprint density at radius 1 is 1.34 bits per heavy atom. The second kappa shape index (κ2) is 11.1. The second-order valence-corrected chi connectivity index (χ2v) is 10.7. The molecule has 38 heavy (non-hydrogen) atoms. The number of hydrogen-bond acceptors (Lipinski definition) is 9. The summed E-state index contributed by atoms with van der Waals surface area (Å²) in [6, 6.07) is 7.96. The van der Waals surface area contributed by atoms with Crippen LogP contribution in [-0.2, 0) is 27.9 Å². The van der Waals surface area contributed by atoms with Crippen LogP contribution in [0.15, 0.2) is 30.6 Å². The average molecular weight is 518 g/mol. The Morgan fingerprint density at radius 2 is 2.21 bits per heavy atom. The number of benzene rings is 1. The molecule has 0 spiro atoms. The molecular weight excluding hydrogens is 482 g/mol. The molecule has 2 aliphatic rings. The van der Waals surface area contributed by atoms with Crippen LogP contribution in [0.3, 0.4) is 0 Å². The van der Waals surface area contributed by atoms with Gasteiger partial charge in [-0.2, -0.15) is 10.4 Å². The summed E-state index contributed by atoms with van der Waals surface area (Å²) in [5, 5.41) is 31.1. The van der Waals surface area contributed by atoms with Crippen molar-refractivity contribution in [1.82, 2.24) is 19.7 Å². The molecule has 1 aromatic carbocycles. The van der Waals surface area contributed by atoms with Crippen molar-refractivity contribution in [2.24, 2.45) is 5.92 Å². The Hall–Kier alpha value is -3.52. The molecule has 200 valence electrons. The predicted molar refractivity (Wildman–Crippen MR) is 144 cm³/mol. The summed E-state index contributed by atoms with van der Waals surface area (Å²) in [5.41, 5.74) is 5.23. The normalized spacial score (nSPS) is 20.7. The van der Waals surface area contributed by atoms with Gasteiger partial charge in [0.2, 0.25) is 5.95 Å². The standard InChI is InChI=1S/C28H35N7O3/c1-18(2)4-5-25-24(13-32-35(25)14-21-15-37-8-9-38-21)34-27-30-7-6-23(33-27)19-10-20(12-29)26-22(11-19)28(3,17-36)16-31-26/h6-7,10-11,13,18,21,31,36H,4-5,8-9,14-17H2,1-3H3,(H,30,33,34)/t21-,28-/m1/s1. The smallest absolute Gasteiger partial charge is 0.227 e. The van der Waals surface area contributed by atoms with Crippen molar-refractivity contribution >= 4 is 17.3 Å². The number of anilines is 3. The van der Waals surface area contributed by atoms with Crippen molar-refractivity contribution in [2.45, 2.75) is 51.7 Å². The van der Waals surface area contributed by atoms with E-state index in [1.54, 1.807) is 6.20 Å². The molecule has 1 saturated heterocycles. The Kier molecular flexibility index (Phi) is 7.61. The summed E-state index contributed by atoms with van der Waals surface area (Å²) in [5.74, 6) is 1.00. The van der Waals surface area contributed by atoms with Gasteiger partial charge in [0.1, 0.15) is 12.2 Å². The Labute approximate surface area is 223 Å². The van der Waals surface area contributed by atoms with Crippen LogP contribution in [-0.4, -0.2) is 63.9 Å². The summed E-state index contributed by atoms with van der Waals surface area (Å²) < 4.78 is 13.4. The first-order chi connectivity index (χ1) is 18.4. The summed E-state index contributed by atoms with van der Waals surface area (Å²) >= 11 is 0. The number of nitrogens with zero attached hydrogens (tertiary/aromatic N) is 5. The highest BCUT2D eigenvalue weighted by molar-refractivity contribution is 5.76. The second-order valence-electron chi connectivity index (χ2n) is 10.7. The Bertz CT molecular complexity index is 1330. The van der Waals surface area contributed by atoms with E-state index in [4.69, 9.17) is 14.5 Å². The van der Waals surface area contributed by atoms with Crippen LogP contribution in [0.4, 0.5) is 17.3 Å². The first-order valence-corrected chi connectivity index (χ1v) is 13.2. The number of aliphatic hydroxyl groups is 1. The van der Waals surface area contributed by atoms with Gasteiger partial charge in [0.05, 0.1) is 67.5 Å². The van der Waals surface area contributed by atoms with Crippen molar-refractivity contribution in [3.8, 4) is 17.3 Å². The third kappa shape index (κ3) is 5.36. The lowest BCUT2D eigenvalue weighted by Crippen LogP contribution is -2.33. The van der Waals surface area contributed by atoms with Crippen molar-refractivity contribution in [3.05, 3.63) is 47.4 Å². The van der Waals surface area contributed by atoms with E-state index < -0.39 is 5.41 Å². The minimum Gasteiger partial charge on any atom is -0.395 e. The summed E-state index contributed by atoms with van der Waals surface area (Å²) in [7, 11) is 0. The number of fused-ring (bicyclic) bond motifs is 1. The van der Waals surface area contributed by atoms with Crippen LogP contribution in [0, 0.1) is 17.2 Å². The van der Waals surface area contributed by atoms with E-state index in [0.717, 1.165) is 41.0 Å².